The van der Waals surface area contributed by atoms with Gasteiger partial charge in [-0.2, -0.15) is 0 Å². The Hall–Kier alpha value is 0.423. The van der Waals surface area contributed by atoms with Gasteiger partial charge < -0.3 is 24.8 Å². The summed E-state index contributed by atoms with van der Waals surface area (Å²) in [6.45, 7) is 14.2. The Balaban J connectivity index is 0.00000288. The van der Waals surface area contributed by atoms with Crippen molar-refractivity contribution in [2.45, 2.75) is 92.9 Å². The van der Waals surface area contributed by atoms with Crippen LogP contribution in [0.2, 0.25) is 0 Å². The Morgan fingerprint density at radius 3 is 1.08 bits per heavy atom. The van der Waals surface area contributed by atoms with Crippen molar-refractivity contribution in [2.24, 2.45) is 0 Å². The average Bonchev–Trinajstić information content (AvgIpc) is 3.11. The molecule has 0 unspecified atom stereocenters. The van der Waals surface area contributed by atoms with Gasteiger partial charge >= 0.3 is 156 Å². The second kappa shape index (κ2) is 12.0. The molecule has 0 aromatic carbocycles. The maximum absolute atomic E-state index is 2.38. The maximum atomic E-state index is 2.38. The van der Waals surface area contributed by atoms with Gasteiger partial charge in [0, 0.05) is 0 Å². The van der Waals surface area contributed by atoms with E-state index in [1.54, 1.807) is 33.4 Å². The van der Waals surface area contributed by atoms with E-state index in [0.717, 1.165) is 0 Å². The molecule has 2 aliphatic rings. The molecular formula is C22H34Cl2Zr. The van der Waals surface area contributed by atoms with Gasteiger partial charge in [0.2, 0.25) is 0 Å². The number of hydrogen-bond acceptors (Lipinski definition) is 0. The van der Waals surface area contributed by atoms with Gasteiger partial charge in [0.05, 0.1) is 0 Å². The SMILES string of the molecule is CCC1=C(CC)[C]([Zr+2][C]2=C(CC)CC(CC)=C2CC)=C(CC)C1.[Cl-].[Cl-]. The molecule has 0 saturated heterocycles. The monoisotopic (exact) mass is 458 g/mol. The molecule has 0 N–H and O–H groups in total. The van der Waals surface area contributed by atoms with Gasteiger partial charge in [-0.15, -0.1) is 0 Å². The quantitative estimate of drug-likeness (QED) is 0.514. The van der Waals surface area contributed by atoms with Crippen LogP contribution in [-0.2, 0) is 23.2 Å². The Labute approximate surface area is 180 Å². The summed E-state index contributed by atoms with van der Waals surface area (Å²) >= 11 is -0.649. The van der Waals surface area contributed by atoms with Gasteiger partial charge in [0.15, 0.2) is 0 Å². The molecule has 0 nitrogen and oxygen atoms in total. The first kappa shape index (κ1) is 25.4. The standard InChI is InChI=1S/2C11H17.2ClH.Zr/c2*1-4-9-7-10(5-2)11(6-3)8-9;;;/h2*4-7H2,1-3H3;2*1H;/q;;;;+2/p-2. The molecule has 0 aliphatic heterocycles. The van der Waals surface area contributed by atoms with Crippen LogP contribution in [0.4, 0.5) is 0 Å². The zero-order valence-electron chi connectivity index (χ0n) is 16.9. The van der Waals surface area contributed by atoms with Crippen LogP contribution in [0.15, 0.2) is 40.0 Å². The van der Waals surface area contributed by atoms with Gasteiger partial charge in [-0.05, 0) is 0 Å². The largest absolute Gasteiger partial charge is 1.00 e. The normalized spacial score (nSPS) is 17.2. The van der Waals surface area contributed by atoms with Crippen LogP contribution in [0, 0.1) is 0 Å². The van der Waals surface area contributed by atoms with Crippen molar-refractivity contribution in [2.75, 3.05) is 0 Å². The Bertz CT molecular complexity index is 539. The molecule has 0 heterocycles. The third-order valence-corrected chi connectivity index (χ3v) is 10.1. The Kier molecular flexibility index (Phi) is 12.2. The van der Waals surface area contributed by atoms with Crippen LogP contribution in [0.25, 0.3) is 0 Å². The molecule has 2 aliphatic carbocycles. The molecule has 0 radical (unpaired) electrons. The van der Waals surface area contributed by atoms with E-state index in [4.69, 9.17) is 0 Å². The van der Waals surface area contributed by atoms with E-state index in [0.29, 0.717) is 0 Å². The molecular weight excluding hydrogens is 426 g/mol. The van der Waals surface area contributed by atoms with Gasteiger partial charge in [-0.25, -0.2) is 0 Å². The average molecular weight is 461 g/mol. The molecule has 0 aromatic rings. The number of rotatable bonds is 8. The number of hydrogen-bond donors (Lipinski definition) is 0. The van der Waals surface area contributed by atoms with E-state index in [1.807, 2.05) is 6.56 Å². The summed E-state index contributed by atoms with van der Waals surface area (Å²) in [5.41, 5.74) is 10.7. The summed E-state index contributed by atoms with van der Waals surface area (Å²) in [6.07, 6.45) is 10.2. The van der Waals surface area contributed by atoms with Gasteiger partial charge in [-0.3, -0.25) is 0 Å². The Morgan fingerprint density at radius 1 is 0.520 bits per heavy atom. The molecule has 25 heavy (non-hydrogen) atoms. The first-order valence-electron chi connectivity index (χ1n) is 9.78. The fourth-order valence-corrected chi connectivity index (χ4v) is 9.54. The molecule has 0 spiro atoms. The molecule has 0 saturated carbocycles. The maximum Gasteiger partial charge on any atom is -1.00 e. The first-order chi connectivity index (χ1) is 11.1. The minimum atomic E-state index is -0.649. The van der Waals surface area contributed by atoms with E-state index in [-0.39, 0.29) is 24.8 Å². The van der Waals surface area contributed by atoms with Gasteiger partial charge in [0.1, 0.15) is 0 Å². The smallest absolute Gasteiger partial charge is 1.00 e. The molecule has 0 fully saturated rings. The van der Waals surface area contributed by atoms with Crippen LogP contribution in [0.1, 0.15) is 92.9 Å². The van der Waals surface area contributed by atoms with E-state index < -0.39 is 23.2 Å². The third kappa shape index (κ3) is 5.24. The summed E-state index contributed by atoms with van der Waals surface area (Å²) in [5, 5.41) is 0. The molecule has 3 heteroatoms. The molecule has 0 amide bonds. The van der Waals surface area contributed by atoms with Crippen LogP contribution < -0.4 is 24.8 Å². The van der Waals surface area contributed by atoms with Crippen molar-refractivity contribution >= 4 is 0 Å². The minimum absolute atomic E-state index is 0. The molecule has 2 rings (SSSR count). The summed E-state index contributed by atoms with van der Waals surface area (Å²) in [4.78, 5) is 0. The van der Waals surface area contributed by atoms with Crippen molar-refractivity contribution in [3.8, 4) is 0 Å². The second-order valence-corrected chi connectivity index (χ2v) is 9.79. The fraction of sp³-hybridized carbons (Fsp3) is 0.636. The molecule has 0 aromatic heterocycles. The van der Waals surface area contributed by atoms with Crippen LogP contribution in [-0.4, -0.2) is 0 Å². The van der Waals surface area contributed by atoms with Crippen molar-refractivity contribution in [3.63, 3.8) is 0 Å². The number of halogens is 2. The van der Waals surface area contributed by atoms with E-state index in [9.17, 15) is 0 Å². The topological polar surface area (TPSA) is 0 Å². The first-order valence-corrected chi connectivity index (χ1v) is 12.2. The predicted molar refractivity (Wildman–Crippen MR) is 99.1 cm³/mol. The van der Waals surface area contributed by atoms with Gasteiger partial charge in [-0.1, -0.05) is 0 Å². The molecule has 140 valence electrons. The van der Waals surface area contributed by atoms with Gasteiger partial charge in [0.25, 0.3) is 0 Å². The summed E-state index contributed by atoms with van der Waals surface area (Å²) in [7, 11) is 0. The van der Waals surface area contributed by atoms with Crippen LogP contribution in [0.5, 0.6) is 0 Å². The molecule has 0 bridgehead atoms. The predicted octanol–water partition coefficient (Wildman–Crippen LogP) is 1.45. The van der Waals surface area contributed by atoms with E-state index >= 15 is 0 Å². The number of allylic oxidation sites excluding steroid dienone is 8. The van der Waals surface area contributed by atoms with E-state index in [2.05, 4.69) is 41.5 Å². The summed E-state index contributed by atoms with van der Waals surface area (Å²) in [6, 6.07) is 0. The van der Waals surface area contributed by atoms with Crippen LogP contribution in [0.3, 0.4) is 0 Å². The summed E-state index contributed by atoms with van der Waals surface area (Å²) in [5.74, 6) is 0. The zero-order valence-corrected chi connectivity index (χ0v) is 20.9. The second-order valence-electron chi connectivity index (χ2n) is 6.72. The van der Waals surface area contributed by atoms with E-state index in [1.165, 1.54) is 51.4 Å². The van der Waals surface area contributed by atoms with Crippen LogP contribution >= 0.6 is 0 Å². The minimum Gasteiger partial charge on any atom is -1.00 e. The third-order valence-electron chi connectivity index (χ3n) is 5.68. The fourth-order valence-electron chi connectivity index (χ4n) is 4.27. The molecule has 0 atom stereocenters. The Morgan fingerprint density at radius 2 is 0.840 bits per heavy atom. The van der Waals surface area contributed by atoms with Crippen molar-refractivity contribution in [1.82, 2.24) is 0 Å². The van der Waals surface area contributed by atoms with Crippen molar-refractivity contribution in [1.29, 1.82) is 0 Å². The van der Waals surface area contributed by atoms with Crippen molar-refractivity contribution in [3.05, 3.63) is 40.0 Å². The van der Waals surface area contributed by atoms with Crippen molar-refractivity contribution < 1.29 is 48.0 Å². The summed E-state index contributed by atoms with van der Waals surface area (Å²) < 4.78 is 3.78. The zero-order chi connectivity index (χ0) is 17.0.